The van der Waals surface area contributed by atoms with Crippen LogP contribution < -0.4 is 10.6 Å². The van der Waals surface area contributed by atoms with Gasteiger partial charge in [-0.1, -0.05) is 24.4 Å². The van der Waals surface area contributed by atoms with Crippen LogP contribution in [0.3, 0.4) is 0 Å². The first kappa shape index (κ1) is 15.5. The van der Waals surface area contributed by atoms with E-state index in [1.807, 2.05) is 0 Å². The lowest BCUT2D eigenvalue weighted by Gasteiger charge is -2.22. The number of amides is 2. The molecule has 116 valence electrons. The van der Waals surface area contributed by atoms with Crippen LogP contribution in [0.5, 0.6) is 0 Å². The van der Waals surface area contributed by atoms with Crippen molar-refractivity contribution in [3.8, 4) is 0 Å². The standard InChI is InChI=1S/C15H23N3O3/c1-10-14(11(2)21-18-10)15(20)16-9-8-13(19)17-12-6-4-3-5-7-12/h12H,3-9H2,1-2H3,(H,16,20)(H,17,19). The van der Waals surface area contributed by atoms with Gasteiger partial charge in [0.15, 0.2) is 0 Å². The number of carbonyl (C=O) groups is 2. The topological polar surface area (TPSA) is 84.2 Å². The second-order valence-electron chi connectivity index (χ2n) is 5.61. The molecule has 21 heavy (non-hydrogen) atoms. The Kier molecular flexibility index (Phi) is 5.36. The minimum Gasteiger partial charge on any atom is -0.361 e. The van der Waals surface area contributed by atoms with E-state index in [0.29, 0.717) is 36.0 Å². The Balaban J connectivity index is 1.71. The molecule has 0 saturated heterocycles. The third-order valence-electron chi connectivity index (χ3n) is 3.87. The fraction of sp³-hybridized carbons (Fsp3) is 0.667. The van der Waals surface area contributed by atoms with E-state index in [2.05, 4.69) is 15.8 Å². The summed E-state index contributed by atoms with van der Waals surface area (Å²) in [6.45, 7) is 3.74. The predicted molar refractivity (Wildman–Crippen MR) is 77.9 cm³/mol. The highest BCUT2D eigenvalue weighted by molar-refractivity contribution is 5.96. The number of aryl methyl sites for hydroxylation is 2. The van der Waals surface area contributed by atoms with E-state index in [1.54, 1.807) is 13.8 Å². The van der Waals surface area contributed by atoms with Gasteiger partial charge in [-0.3, -0.25) is 9.59 Å². The number of hydrogen-bond donors (Lipinski definition) is 2. The van der Waals surface area contributed by atoms with Gasteiger partial charge in [-0.25, -0.2) is 0 Å². The molecule has 0 unspecified atom stereocenters. The van der Waals surface area contributed by atoms with Crippen LogP contribution in [-0.2, 0) is 4.79 Å². The molecule has 0 spiro atoms. The zero-order chi connectivity index (χ0) is 15.2. The summed E-state index contributed by atoms with van der Waals surface area (Å²) in [4.78, 5) is 23.8. The van der Waals surface area contributed by atoms with Gasteiger partial charge in [0.1, 0.15) is 11.3 Å². The van der Waals surface area contributed by atoms with Crippen molar-refractivity contribution in [2.75, 3.05) is 6.54 Å². The first-order valence-corrected chi connectivity index (χ1v) is 7.58. The predicted octanol–water partition coefficient (Wildman–Crippen LogP) is 1.86. The summed E-state index contributed by atoms with van der Waals surface area (Å²) in [7, 11) is 0. The van der Waals surface area contributed by atoms with Crippen molar-refractivity contribution in [1.82, 2.24) is 15.8 Å². The summed E-state index contributed by atoms with van der Waals surface area (Å²) in [6, 6.07) is 0.310. The smallest absolute Gasteiger partial charge is 0.256 e. The van der Waals surface area contributed by atoms with Crippen LogP contribution in [-0.4, -0.2) is 29.6 Å². The average Bonchev–Trinajstić information content (AvgIpc) is 2.79. The SMILES string of the molecule is Cc1noc(C)c1C(=O)NCCC(=O)NC1CCCCC1. The number of nitrogens with one attached hydrogen (secondary N) is 2. The molecule has 0 bridgehead atoms. The van der Waals surface area contributed by atoms with Gasteiger partial charge in [-0.05, 0) is 26.7 Å². The van der Waals surface area contributed by atoms with Gasteiger partial charge in [0, 0.05) is 19.0 Å². The third kappa shape index (κ3) is 4.31. The zero-order valence-electron chi connectivity index (χ0n) is 12.7. The Morgan fingerprint density at radius 2 is 1.95 bits per heavy atom. The lowest BCUT2D eigenvalue weighted by molar-refractivity contribution is -0.121. The maximum absolute atomic E-state index is 12.0. The lowest BCUT2D eigenvalue weighted by Crippen LogP contribution is -2.38. The molecular weight excluding hydrogens is 270 g/mol. The monoisotopic (exact) mass is 293 g/mol. The molecule has 1 aromatic rings. The van der Waals surface area contributed by atoms with Crippen LogP contribution in [0.15, 0.2) is 4.52 Å². The molecule has 6 nitrogen and oxygen atoms in total. The molecule has 2 N–H and O–H groups in total. The quantitative estimate of drug-likeness (QED) is 0.868. The molecular formula is C15H23N3O3. The van der Waals surface area contributed by atoms with E-state index in [4.69, 9.17) is 4.52 Å². The normalized spacial score (nSPS) is 15.7. The van der Waals surface area contributed by atoms with Gasteiger partial charge in [0.25, 0.3) is 5.91 Å². The van der Waals surface area contributed by atoms with Gasteiger partial charge >= 0.3 is 0 Å². The molecule has 1 aromatic heterocycles. The molecule has 6 heteroatoms. The van der Waals surface area contributed by atoms with Gasteiger partial charge in [-0.15, -0.1) is 0 Å². The highest BCUT2D eigenvalue weighted by Crippen LogP contribution is 2.17. The summed E-state index contributed by atoms with van der Waals surface area (Å²) in [5.41, 5.74) is 1.03. The highest BCUT2D eigenvalue weighted by atomic mass is 16.5. The molecule has 1 fully saturated rings. The molecule has 1 aliphatic rings. The maximum atomic E-state index is 12.0. The minimum atomic E-state index is -0.239. The van der Waals surface area contributed by atoms with Crippen molar-refractivity contribution in [3.05, 3.63) is 17.0 Å². The van der Waals surface area contributed by atoms with Crippen LogP contribution >= 0.6 is 0 Å². The van der Waals surface area contributed by atoms with Gasteiger partial charge in [0.2, 0.25) is 5.91 Å². The van der Waals surface area contributed by atoms with Crippen molar-refractivity contribution < 1.29 is 14.1 Å². The fourth-order valence-corrected chi connectivity index (χ4v) is 2.73. The average molecular weight is 293 g/mol. The van der Waals surface area contributed by atoms with Crippen LogP contribution in [0.2, 0.25) is 0 Å². The third-order valence-corrected chi connectivity index (χ3v) is 3.87. The van der Waals surface area contributed by atoms with E-state index in [9.17, 15) is 9.59 Å². The molecule has 0 aliphatic heterocycles. The van der Waals surface area contributed by atoms with Gasteiger partial charge in [-0.2, -0.15) is 0 Å². The second-order valence-corrected chi connectivity index (χ2v) is 5.61. The Labute approximate surface area is 124 Å². The Morgan fingerprint density at radius 1 is 1.24 bits per heavy atom. The fourth-order valence-electron chi connectivity index (χ4n) is 2.73. The van der Waals surface area contributed by atoms with Crippen molar-refractivity contribution in [2.45, 2.75) is 58.4 Å². The van der Waals surface area contributed by atoms with Crippen molar-refractivity contribution in [3.63, 3.8) is 0 Å². The number of hydrogen-bond acceptors (Lipinski definition) is 4. The summed E-state index contributed by atoms with van der Waals surface area (Å²) in [5, 5.41) is 9.51. The number of nitrogens with zero attached hydrogens (tertiary/aromatic N) is 1. The Morgan fingerprint density at radius 3 is 2.57 bits per heavy atom. The summed E-state index contributed by atoms with van der Waals surface area (Å²) in [5.74, 6) is 0.259. The molecule has 1 heterocycles. The number of aromatic nitrogens is 1. The largest absolute Gasteiger partial charge is 0.361 e. The Bertz CT molecular complexity index is 485. The van der Waals surface area contributed by atoms with Crippen LogP contribution in [0.25, 0.3) is 0 Å². The summed E-state index contributed by atoms with van der Waals surface area (Å²) in [6.07, 6.45) is 6.07. The van der Waals surface area contributed by atoms with E-state index in [1.165, 1.54) is 19.3 Å². The molecule has 0 radical (unpaired) electrons. The van der Waals surface area contributed by atoms with E-state index < -0.39 is 0 Å². The first-order chi connectivity index (χ1) is 10.1. The van der Waals surface area contributed by atoms with Crippen LogP contribution in [0, 0.1) is 13.8 Å². The highest BCUT2D eigenvalue weighted by Gasteiger charge is 2.18. The molecule has 1 saturated carbocycles. The van der Waals surface area contributed by atoms with Crippen molar-refractivity contribution in [2.24, 2.45) is 0 Å². The van der Waals surface area contributed by atoms with Crippen molar-refractivity contribution in [1.29, 1.82) is 0 Å². The van der Waals surface area contributed by atoms with Crippen molar-refractivity contribution >= 4 is 11.8 Å². The van der Waals surface area contributed by atoms with Crippen LogP contribution in [0.1, 0.15) is 60.3 Å². The van der Waals surface area contributed by atoms with Crippen LogP contribution in [0.4, 0.5) is 0 Å². The number of rotatable bonds is 5. The Hall–Kier alpha value is -1.85. The maximum Gasteiger partial charge on any atom is 0.256 e. The molecule has 0 aromatic carbocycles. The van der Waals surface area contributed by atoms with Gasteiger partial charge < -0.3 is 15.2 Å². The minimum absolute atomic E-state index is 0.000891. The summed E-state index contributed by atoms with van der Waals surface area (Å²) >= 11 is 0. The summed E-state index contributed by atoms with van der Waals surface area (Å²) < 4.78 is 4.95. The van der Waals surface area contributed by atoms with E-state index in [-0.39, 0.29) is 11.8 Å². The van der Waals surface area contributed by atoms with E-state index in [0.717, 1.165) is 12.8 Å². The van der Waals surface area contributed by atoms with Gasteiger partial charge in [0.05, 0.1) is 5.69 Å². The molecule has 1 aliphatic carbocycles. The molecule has 2 amide bonds. The zero-order valence-corrected chi connectivity index (χ0v) is 12.7. The second kappa shape index (κ2) is 7.24. The first-order valence-electron chi connectivity index (χ1n) is 7.58. The molecule has 2 rings (SSSR count). The molecule has 0 atom stereocenters. The lowest BCUT2D eigenvalue weighted by atomic mass is 9.95. The van der Waals surface area contributed by atoms with E-state index >= 15 is 0 Å². The number of carbonyl (C=O) groups excluding carboxylic acids is 2.